The highest BCUT2D eigenvalue weighted by molar-refractivity contribution is 5.88. The molecule has 2 atom stereocenters. The van der Waals surface area contributed by atoms with Crippen molar-refractivity contribution in [3.05, 3.63) is 12.2 Å². The van der Waals surface area contributed by atoms with Gasteiger partial charge in [-0.15, -0.1) is 0 Å². The number of methoxy groups -OCH3 is 1. The van der Waals surface area contributed by atoms with Crippen LogP contribution in [-0.2, 0) is 14.3 Å². The minimum Gasteiger partial charge on any atom is -0.469 e. The standard InChI is InChI=1S/C14H22O3/c1-4-5-6-9-14(2)11(7-8-12(14)15)10-13(16)17-3/h5-6,11H,4,7-10H2,1-3H3. The third-order valence-electron chi connectivity index (χ3n) is 3.84. The van der Waals surface area contributed by atoms with Gasteiger partial charge >= 0.3 is 5.97 Å². The fourth-order valence-electron chi connectivity index (χ4n) is 2.52. The van der Waals surface area contributed by atoms with E-state index in [1.165, 1.54) is 7.11 Å². The van der Waals surface area contributed by atoms with E-state index in [9.17, 15) is 9.59 Å². The first-order chi connectivity index (χ1) is 8.04. The number of Topliss-reactive ketones (excluding diaryl/α,β-unsaturated/α-hetero) is 1. The van der Waals surface area contributed by atoms with E-state index in [0.29, 0.717) is 12.8 Å². The average Bonchev–Trinajstić information content (AvgIpc) is 2.58. The van der Waals surface area contributed by atoms with E-state index in [-0.39, 0.29) is 23.1 Å². The van der Waals surface area contributed by atoms with Crippen molar-refractivity contribution in [2.75, 3.05) is 7.11 Å². The van der Waals surface area contributed by atoms with Crippen molar-refractivity contribution in [1.82, 2.24) is 0 Å². The number of carbonyl (C=O) groups excluding carboxylic acids is 2. The normalized spacial score (nSPS) is 28.9. The van der Waals surface area contributed by atoms with Gasteiger partial charge in [0.1, 0.15) is 5.78 Å². The molecule has 1 fully saturated rings. The zero-order valence-corrected chi connectivity index (χ0v) is 11.0. The Morgan fingerprint density at radius 3 is 2.82 bits per heavy atom. The molecular weight excluding hydrogens is 216 g/mol. The summed E-state index contributed by atoms with van der Waals surface area (Å²) in [5.41, 5.74) is -0.375. The van der Waals surface area contributed by atoms with Crippen molar-refractivity contribution < 1.29 is 14.3 Å². The monoisotopic (exact) mass is 238 g/mol. The predicted octanol–water partition coefficient (Wildman–Crippen LogP) is 2.89. The fraction of sp³-hybridized carbons (Fsp3) is 0.714. The van der Waals surface area contributed by atoms with Crippen LogP contribution < -0.4 is 0 Å². The van der Waals surface area contributed by atoms with Crippen LogP contribution in [0, 0.1) is 11.3 Å². The van der Waals surface area contributed by atoms with Gasteiger partial charge in [-0.1, -0.05) is 26.0 Å². The van der Waals surface area contributed by atoms with Crippen molar-refractivity contribution in [3.63, 3.8) is 0 Å². The second kappa shape index (κ2) is 5.99. The molecule has 0 aliphatic heterocycles. The number of ether oxygens (including phenoxy) is 1. The number of allylic oxidation sites excluding steroid dienone is 2. The van der Waals surface area contributed by atoms with Gasteiger partial charge in [-0.25, -0.2) is 0 Å². The molecule has 1 aliphatic carbocycles. The van der Waals surface area contributed by atoms with Crippen LogP contribution in [0.5, 0.6) is 0 Å². The van der Waals surface area contributed by atoms with Crippen LogP contribution in [0.25, 0.3) is 0 Å². The van der Waals surface area contributed by atoms with Crippen molar-refractivity contribution in [2.45, 2.75) is 46.0 Å². The third-order valence-corrected chi connectivity index (χ3v) is 3.84. The number of hydrogen-bond donors (Lipinski definition) is 0. The molecule has 0 bridgehead atoms. The quantitative estimate of drug-likeness (QED) is 0.546. The molecule has 0 amide bonds. The maximum Gasteiger partial charge on any atom is 0.305 e. The molecule has 0 aromatic heterocycles. The lowest BCUT2D eigenvalue weighted by atomic mass is 9.74. The van der Waals surface area contributed by atoms with E-state index >= 15 is 0 Å². The molecule has 0 spiro atoms. The summed E-state index contributed by atoms with van der Waals surface area (Å²) < 4.78 is 4.70. The molecule has 17 heavy (non-hydrogen) atoms. The predicted molar refractivity (Wildman–Crippen MR) is 66.5 cm³/mol. The van der Waals surface area contributed by atoms with Crippen LogP contribution in [0.1, 0.15) is 46.0 Å². The molecule has 0 radical (unpaired) electrons. The Hall–Kier alpha value is -1.12. The number of carbonyl (C=O) groups is 2. The molecule has 0 saturated heterocycles. The lowest BCUT2D eigenvalue weighted by Gasteiger charge is -2.28. The van der Waals surface area contributed by atoms with Gasteiger partial charge in [-0.05, 0) is 25.2 Å². The molecule has 0 aromatic carbocycles. The van der Waals surface area contributed by atoms with Gasteiger partial charge < -0.3 is 4.74 Å². The summed E-state index contributed by atoms with van der Waals surface area (Å²) in [5, 5.41) is 0. The molecule has 1 rings (SSSR count). The van der Waals surface area contributed by atoms with Crippen molar-refractivity contribution >= 4 is 11.8 Å². The molecule has 0 heterocycles. The molecule has 2 unspecified atom stereocenters. The Kier molecular flexibility index (Phi) is 4.91. The topological polar surface area (TPSA) is 43.4 Å². The van der Waals surface area contributed by atoms with Gasteiger partial charge in [-0.3, -0.25) is 9.59 Å². The summed E-state index contributed by atoms with van der Waals surface area (Å²) >= 11 is 0. The van der Waals surface area contributed by atoms with Crippen molar-refractivity contribution in [2.24, 2.45) is 11.3 Å². The first-order valence-corrected chi connectivity index (χ1v) is 6.29. The SMILES string of the molecule is CCC=CCC1(C)C(=O)CCC1CC(=O)OC. The zero-order valence-electron chi connectivity index (χ0n) is 11.0. The zero-order chi connectivity index (χ0) is 12.9. The molecule has 3 heteroatoms. The Labute approximate surface area is 103 Å². The highest BCUT2D eigenvalue weighted by Crippen LogP contribution is 2.45. The minimum atomic E-state index is -0.375. The summed E-state index contributed by atoms with van der Waals surface area (Å²) in [6.07, 6.45) is 7.62. The third kappa shape index (κ3) is 3.18. The van der Waals surface area contributed by atoms with Crippen molar-refractivity contribution in [1.29, 1.82) is 0 Å². The number of esters is 1. The van der Waals surface area contributed by atoms with Gasteiger partial charge in [0.05, 0.1) is 7.11 Å². The smallest absolute Gasteiger partial charge is 0.305 e. The second-order valence-electron chi connectivity index (χ2n) is 4.94. The van der Waals surface area contributed by atoms with E-state index in [1.807, 2.05) is 6.92 Å². The van der Waals surface area contributed by atoms with E-state index in [2.05, 4.69) is 19.1 Å². The van der Waals surface area contributed by atoms with Crippen molar-refractivity contribution in [3.8, 4) is 0 Å². The van der Waals surface area contributed by atoms with E-state index in [1.54, 1.807) is 0 Å². The molecule has 3 nitrogen and oxygen atoms in total. The lowest BCUT2D eigenvalue weighted by molar-refractivity contribution is -0.142. The molecule has 0 aromatic rings. The molecule has 1 aliphatic rings. The van der Waals surface area contributed by atoms with Crippen LogP contribution in [0.3, 0.4) is 0 Å². The summed E-state index contributed by atoms with van der Waals surface area (Å²) in [7, 11) is 1.40. The summed E-state index contributed by atoms with van der Waals surface area (Å²) in [6, 6.07) is 0. The largest absolute Gasteiger partial charge is 0.469 e. The Morgan fingerprint density at radius 1 is 1.53 bits per heavy atom. The Bertz CT molecular complexity index is 319. The van der Waals surface area contributed by atoms with Crippen LogP contribution in [0.2, 0.25) is 0 Å². The average molecular weight is 238 g/mol. The number of rotatable bonds is 5. The highest BCUT2D eigenvalue weighted by Gasteiger charge is 2.45. The Morgan fingerprint density at radius 2 is 2.24 bits per heavy atom. The minimum absolute atomic E-state index is 0.129. The lowest BCUT2D eigenvalue weighted by Crippen LogP contribution is -2.30. The van der Waals surface area contributed by atoms with Gasteiger partial charge in [0, 0.05) is 18.3 Å². The Balaban J connectivity index is 2.72. The van der Waals surface area contributed by atoms with E-state index in [4.69, 9.17) is 4.74 Å². The van der Waals surface area contributed by atoms with Crippen LogP contribution >= 0.6 is 0 Å². The summed E-state index contributed by atoms with van der Waals surface area (Å²) in [4.78, 5) is 23.3. The fourth-order valence-corrected chi connectivity index (χ4v) is 2.52. The van der Waals surface area contributed by atoms with Crippen LogP contribution in [-0.4, -0.2) is 18.9 Å². The second-order valence-corrected chi connectivity index (χ2v) is 4.94. The molecule has 0 N–H and O–H groups in total. The van der Waals surface area contributed by atoms with Gasteiger partial charge in [0.25, 0.3) is 0 Å². The molecule has 96 valence electrons. The van der Waals surface area contributed by atoms with Gasteiger partial charge in [0.15, 0.2) is 0 Å². The summed E-state index contributed by atoms with van der Waals surface area (Å²) in [6.45, 7) is 4.05. The first kappa shape index (κ1) is 13.9. The number of ketones is 1. The molecular formula is C14H22O3. The van der Waals surface area contributed by atoms with Crippen LogP contribution in [0.4, 0.5) is 0 Å². The molecule has 1 saturated carbocycles. The van der Waals surface area contributed by atoms with Gasteiger partial charge in [0.2, 0.25) is 0 Å². The maximum atomic E-state index is 12.0. The maximum absolute atomic E-state index is 12.0. The summed E-state index contributed by atoms with van der Waals surface area (Å²) in [5.74, 6) is 0.200. The van der Waals surface area contributed by atoms with E-state index < -0.39 is 0 Å². The van der Waals surface area contributed by atoms with Crippen LogP contribution in [0.15, 0.2) is 12.2 Å². The van der Waals surface area contributed by atoms with Gasteiger partial charge in [-0.2, -0.15) is 0 Å². The highest BCUT2D eigenvalue weighted by atomic mass is 16.5. The first-order valence-electron chi connectivity index (χ1n) is 6.29. The van der Waals surface area contributed by atoms with E-state index in [0.717, 1.165) is 19.3 Å². The number of hydrogen-bond acceptors (Lipinski definition) is 3.